The molecule has 1 fully saturated rings. The van der Waals surface area contributed by atoms with Gasteiger partial charge in [0.05, 0.1) is 18.3 Å². The van der Waals surface area contributed by atoms with Crippen LogP contribution < -0.4 is 0 Å². The van der Waals surface area contributed by atoms with Gasteiger partial charge in [0.25, 0.3) is 0 Å². The minimum Gasteiger partial charge on any atom is -0.332 e. The van der Waals surface area contributed by atoms with Crippen molar-refractivity contribution < 1.29 is 9.59 Å². The number of nitrogens with zero attached hydrogens (tertiary/aromatic N) is 4. The summed E-state index contributed by atoms with van der Waals surface area (Å²) in [4.78, 5) is 39.0. The van der Waals surface area contributed by atoms with Gasteiger partial charge < -0.3 is 9.13 Å². The molecule has 0 amide bonds. The van der Waals surface area contributed by atoms with Crippen LogP contribution in [0.3, 0.4) is 0 Å². The molecule has 0 radical (unpaired) electrons. The predicted octanol–water partition coefficient (Wildman–Crippen LogP) is 5.44. The number of hydrogen-bond acceptors (Lipinski definition) is 5. The zero-order valence-corrected chi connectivity index (χ0v) is 20.7. The number of aryl methyl sites for hydroxylation is 4. The van der Waals surface area contributed by atoms with Crippen molar-refractivity contribution in [1.29, 1.82) is 0 Å². The van der Waals surface area contributed by atoms with Crippen LogP contribution >= 0.6 is 11.3 Å². The Balaban J connectivity index is 1.43. The largest absolute Gasteiger partial charge is 0.332 e. The minimum atomic E-state index is -0.500. The molecule has 6 bridgehead atoms. The standard InChI is InChI=1S/C29H26N4O2S/c34-24-15-25(35)27-23-17-33(29-21(23)8-2-12-31-29)14-4-6-19-10-9-18(36-19)5-3-13-32-16-22(26(24)27)20-7-1-11-30-28(20)32/h1-2,7-12,16-17,26-27H,3-6,13-15H2. The summed E-state index contributed by atoms with van der Waals surface area (Å²) < 4.78 is 4.35. The maximum Gasteiger partial charge on any atom is 0.148 e. The van der Waals surface area contributed by atoms with Crippen LogP contribution in [-0.4, -0.2) is 30.7 Å². The molecule has 1 saturated carbocycles. The number of pyridine rings is 2. The van der Waals surface area contributed by atoms with Crippen LogP contribution in [-0.2, 0) is 35.5 Å². The van der Waals surface area contributed by atoms with Crippen LogP contribution in [0.1, 0.15) is 52.0 Å². The Labute approximate surface area is 212 Å². The second-order valence-corrected chi connectivity index (χ2v) is 11.2. The normalized spacial score (nSPS) is 20.7. The van der Waals surface area contributed by atoms with Gasteiger partial charge in [-0.2, -0.15) is 0 Å². The number of aromatic nitrogens is 4. The lowest BCUT2D eigenvalue weighted by Crippen LogP contribution is -2.14. The third kappa shape index (κ3) is 3.45. The molecule has 2 unspecified atom stereocenters. The average molecular weight is 495 g/mol. The Morgan fingerprint density at radius 3 is 1.72 bits per heavy atom. The van der Waals surface area contributed by atoms with E-state index in [1.54, 1.807) is 12.4 Å². The van der Waals surface area contributed by atoms with Crippen LogP contribution in [0.4, 0.5) is 0 Å². The number of ketones is 2. The van der Waals surface area contributed by atoms with E-state index < -0.39 is 11.8 Å². The maximum atomic E-state index is 13.4. The molecule has 6 nitrogen and oxygen atoms in total. The van der Waals surface area contributed by atoms with Crippen molar-refractivity contribution in [1.82, 2.24) is 19.1 Å². The molecular weight excluding hydrogens is 468 g/mol. The van der Waals surface area contributed by atoms with Gasteiger partial charge in [-0.15, -0.1) is 11.3 Å². The number of Topliss-reactive ketones (excluding diaryl/α,β-unsaturated/α-hetero) is 2. The topological polar surface area (TPSA) is 69.8 Å². The van der Waals surface area contributed by atoms with E-state index in [9.17, 15) is 9.59 Å². The van der Waals surface area contributed by atoms with Gasteiger partial charge in [-0.25, -0.2) is 9.97 Å². The molecule has 2 atom stereocenters. The average Bonchev–Trinajstić information content (AvgIpc) is 3.64. The molecule has 2 aliphatic rings. The number of rotatable bonds is 0. The summed E-state index contributed by atoms with van der Waals surface area (Å²) >= 11 is 1.91. The summed E-state index contributed by atoms with van der Waals surface area (Å²) in [5, 5.41) is 1.94. The van der Waals surface area contributed by atoms with Crippen LogP contribution in [0, 0.1) is 0 Å². The fraction of sp³-hybridized carbons (Fsp3) is 0.310. The van der Waals surface area contributed by atoms with E-state index in [-0.39, 0.29) is 18.0 Å². The van der Waals surface area contributed by atoms with E-state index in [0.29, 0.717) is 0 Å². The molecule has 7 rings (SSSR count). The fourth-order valence-corrected chi connectivity index (χ4v) is 7.25. The zero-order chi connectivity index (χ0) is 24.2. The molecule has 1 aliphatic heterocycles. The Morgan fingerprint density at radius 1 is 0.722 bits per heavy atom. The van der Waals surface area contributed by atoms with Crippen LogP contribution in [0.5, 0.6) is 0 Å². The number of fused-ring (bicyclic) bond motifs is 15. The molecule has 0 N–H and O–H groups in total. The molecule has 7 heteroatoms. The van der Waals surface area contributed by atoms with E-state index in [1.807, 2.05) is 35.6 Å². The molecule has 1 aliphatic carbocycles. The second-order valence-electron chi connectivity index (χ2n) is 9.94. The summed E-state index contributed by atoms with van der Waals surface area (Å²) in [6.07, 6.45) is 11.8. The van der Waals surface area contributed by atoms with Crippen LogP contribution in [0.2, 0.25) is 0 Å². The van der Waals surface area contributed by atoms with E-state index in [1.165, 1.54) is 9.75 Å². The Morgan fingerprint density at radius 2 is 1.22 bits per heavy atom. The van der Waals surface area contributed by atoms with Crippen molar-refractivity contribution in [3.8, 4) is 0 Å². The summed E-state index contributed by atoms with van der Waals surface area (Å²) in [5.74, 6) is -0.998. The number of carbonyl (C=O) groups is 2. The molecule has 36 heavy (non-hydrogen) atoms. The van der Waals surface area contributed by atoms with Crippen molar-refractivity contribution in [2.45, 2.75) is 57.0 Å². The van der Waals surface area contributed by atoms with Gasteiger partial charge in [0.2, 0.25) is 0 Å². The van der Waals surface area contributed by atoms with E-state index in [4.69, 9.17) is 0 Å². The van der Waals surface area contributed by atoms with Crippen molar-refractivity contribution in [3.63, 3.8) is 0 Å². The molecule has 0 saturated heterocycles. The summed E-state index contributed by atoms with van der Waals surface area (Å²) in [6, 6.07) is 12.4. The van der Waals surface area contributed by atoms with Gasteiger partial charge in [-0.1, -0.05) is 0 Å². The van der Waals surface area contributed by atoms with Crippen LogP contribution in [0.25, 0.3) is 22.1 Å². The van der Waals surface area contributed by atoms with E-state index in [0.717, 1.165) is 72.0 Å². The number of thiophene rings is 1. The highest BCUT2D eigenvalue weighted by molar-refractivity contribution is 7.11. The lowest BCUT2D eigenvalue weighted by Gasteiger charge is -2.16. The first kappa shape index (κ1) is 21.7. The molecular formula is C29H26N4O2S. The molecule has 0 aromatic carbocycles. The van der Waals surface area contributed by atoms with Gasteiger partial charge in [0.15, 0.2) is 0 Å². The summed E-state index contributed by atoms with van der Waals surface area (Å²) in [6.45, 7) is 1.65. The highest BCUT2D eigenvalue weighted by Gasteiger charge is 2.45. The maximum absolute atomic E-state index is 13.4. The molecule has 6 heterocycles. The lowest BCUT2D eigenvalue weighted by molar-refractivity contribution is -0.122. The van der Waals surface area contributed by atoms with Crippen molar-refractivity contribution in [3.05, 3.63) is 82.1 Å². The quantitative estimate of drug-likeness (QED) is 0.269. The minimum absolute atomic E-state index is 0.00131. The summed E-state index contributed by atoms with van der Waals surface area (Å²) in [7, 11) is 0. The monoisotopic (exact) mass is 494 g/mol. The van der Waals surface area contributed by atoms with Crippen molar-refractivity contribution >= 4 is 45.0 Å². The number of hydrogen-bond donors (Lipinski definition) is 0. The Kier molecular flexibility index (Phi) is 5.13. The van der Waals surface area contributed by atoms with Gasteiger partial charge in [0.1, 0.15) is 22.9 Å². The predicted molar refractivity (Wildman–Crippen MR) is 141 cm³/mol. The Hall–Kier alpha value is -3.58. The second kappa shape index (κ2) is 8.52. The smallest absolute Gasteiger partial charge is 0.148 e. The Bertz CT molecular complexity index is 1520. The van der Waals surface area contributed by atoms with E-state index in [2.05, 4.69) is 43.6 Å². The zero-order valence-electron chi connectivity index (χ0n) is 19.9. The first-order chi connectivity index (χ1) is 17.7. The third-order valence-corrected chi connectivity index (χ3v) is 8.94. The first-order valence-electron chi connectivity index (χ1n) is 12.7. The highest BCUT2D eigenvalue weighted by atomic mass is 32.1. The molecule has 180 valence electrons. The summed E-state index contributed by atoms with van der Waals surface area (Å²) in [5.41, 5.74) is 3.61. The third-order valence-electron chi connectivity index (χ3n) is 7.74. The molecule has 0 spiro atoms. The lowest BCUT2D eigenvalue weighted by atomic mass is 9.83. The van der Waals surface area contributed by atoms with Gasteiger partial charge >= 0.3 is 0 Å². The number of carbonyl (C=O) groups excluding carboxylic acids is 2. The van der Waals surface area contributed by atoms with Gasteiger partial charge in [-0.05, 0) is 73.2 Å². The first-order valence-corrected chi connectivity index (χ1v) is 13.5. The SMILES string of the molecule is O=C1CC(=O)C2c3cn(c4ncccc34)CCCc3ccc(s3)CCCn3cc(c4cccnc43)C12. The van der Waals surface area contributed by atoms with Crippen LogP contribution in [0.15, 0.2) is 61.2 Å². The van der Waals surface area contributed by atoms with Crippen molar-refractivity contribution in [2.24, 2.45) is 0 Å². The van der Waals surface area contributed by atoms with E-state index >= 15 is 0 Å². The fourth-order valence-electron chi connectivity index (χ4n) is 6.14. The highest BCUT2D eigenvalue weighted by Crippen LogP contribution is 2.46. The molecule has 5 aromatic rings. The van der Waals surface area contributed by atoms with Gasteiger partial charge in [-0.3, -0.25) is 9.59 Å². The molecule has 5 aromatic heterocycles. The van der Waals surface area contributed by atoms with Crippen molar-refractivity contribution in [2.75, 3.05) is 0 Å². The van der Waals surface area contributed by atoms with Gasteiger partial charge in [0, 0.05) is 58.4 Å².